The Hall–Kier alpha value is -2.21. The van der Waals surface area contributed by atoms with Crippen molar-refractivity contribution in [2.24, 2.45) is 0 Å². The molecule has 0 heterocycles. The van der Waals surface area contributed by atoms with Crippen LogP contribution >= 0.6 is 0 Å². The highest BCUT2D eigenvalue weighted by Gasteiger charge is 2.17. The standard InChI is InChI=1S/C12H13NO5/c14-8-18-12(17)6-10(13-7-11(15)16)9-4-2-1-3-5-9/h1-5,8,10,13H,6-7H2,(H,15,16). The highest BCUT2D eigenvalue weighted by molar-refractivity contribution is 5.77. The summed E-state index contributed by atoms with van der Waals surface area (Å²) >= 11 is 0. The molecule has 0 saturated heterocycles. The lowest BCUT2D eigenvalue weighted by Crippen LogP contribution is -2.29. The molecule has 0 fully saturated rings. The van der Waals surface area contributed by atoms with Crippen molar-refractivity contribution in [1.82, 2.24) is 5.32 Å². The van der Waals surface area contributed by atoms with E-state index in [2.05, 4.69) is 10.1 Å². The molecule has 1 unspecified atom stereocenters. The smallest absolute Gasteiger partial charge is 0.317 e. The summed E-state index contributed by atoms with van der Waals surface area (Å²) in [6, 6.07) is 8.36. The van der Waals surface area contributed by atoms with Gasteiger partial charge in [-0.1, -0.05) is 30.3 Å². The van der Waals surface area contributed by atoms with E-state index in [0.29, 0.717) is 0 Å². The Morgan fingerprint density at radius 3 is 2.56 bits per heavy atom. The maximum atomic E-state index is 11.2. The molecule has 0 aliphatic carbocycles. The van der Waals surface area contributed by atoms with Crippen LogP contribution in [0.1, 0.15) is 18.0 Å². The molecule has 0 bridgehead atoms. The summed E-state index contributed by atoms with van der Waals surface area (Å²) in [6.45, 7) is -0.227. The van der Waals surface area contributed by atoms with Crippen LogP contribution in [0.4, 0.5) is 0 Å². The largest absolute Gasteiger partial charge is 0.480 e. The van der Waals surface area contributed by atoms with E-state index < -0.39 is 18.0 Å². The normalized spacial score (nSPS) is 11.6. The topological polar surface area (TPSA) is 92.7 Å². The molecule has 1 aromatic carbocycles. The van der Waals surface area contributed by atoms with Crippen LogP contribution in [0.25, 0.3) is 0 Å². The number of hydrogen-bond donors (Lipinski definition) is 2. The highest BCUT2D eigenvalue weighted by Crippen LogP contribution is 2.16. The van der Waals surface area contributed by atoms with Gasteiger partial charge >= 0.3 is 18.4 Å². The minimum atomic E-state index is -1.03. The molecule has 0 amide bonds. The fourth-order valence-corrected chi connectivity index (χ4v) is 1.47. The van der Waals surface area contributed by atoms with Gasteiger partial charge in [0.15, 0.2) is 0 Å². The number of ether oxygens (including phenoxy) is 1. The maximum Gasteiger partial charge on any atom is 0.317 e. The molecular weight excluding hydrogens is 238 g/mol. The Morgan fingerprint density at radius 2 is 2.00 bits per heavy atom. The molecule has 1 atom stereocenters. The van der Waals surface area contributed by atoms with E-state index in [0.717, 1.165) is 5.56 Å². The van der Waals surface area contributed by atoms with Crippen molar-refractivity contribution in [3.63, 3.8) is 0 Å². The van der Waals surface area contributed by atoms with Gasteiger partial charge in [-0.2, -0.15) is 0 Å². The van der Waals surface area contributed by atoms with Crippen molar-refractivity contribution in [2.45, 2.75) is 12.5 Å². The van der Waals surface area contributed by atoms with Gasteiger partial charge in [-0.15, -0.1) is 0 Å². The Morgan fingerprint density at radius 1 is 1.33 bits per heavy atom. The molecule has 96 valence electrons. The third kappa shape index (κ3) is 4.75. The Kier molecular flexibility index (Phi) is 5.53. The van der Waals surface area contributed by atoms with Crippen molar-refractivity contribution in [2.75, 3.05) is 6.54 Å². The monoisotopic (exact) mass is 251 g/mol. The van der Waals surface area contributed by atoms with E-state index in [9.17, 15) is 14.4 Å². The van der Waals surface area contributed by atoms with Crippen molar-refractivity contribution < 1.29 is 24.2 Å². The predicted molar refractivity (Wildman–Crippen MR) is 61.6 cm³/mol. The number of rotatable bonds is 7. The molecular formula is C12H13NO5. The molecule has 0 radical (unpaired) electrons. The Balaban J connectivity index is 2.71. The molecule has 0 aliphatic heterocycles. The van der Waals surface area contributed by atoms with Crippen molar-refractivity contribution in [1.29, 1.82) is 0 Å². The van der Waals surface area contributed by atoms with E-state index in [1.54, 1.807) is 24.3 Å². The SMILES string of the molecule is O=COC(=O)CC(NCC(=O)O)c1ccccc1. The first kappa shape index (κ1) is 13.9. The predicted octanol–water partition coefficient (Wildman–Crippen LogP) is 0.492. The first-order chi connectivity index (χ1) is 8.63. The molecule has 0 aromatic heterocycles. The van der Waals surface area contributed by atoms with Crippen LogP contribution in [0.5, 0.6) is 0 Å². The van der Waals surface area contributed by atoms with Gasteiger partial charge in [-0.05, 0) is 5.56 Å². The zero-order valence-corrected chi connectivity index (χ0v) is 9.54. The van der Waals surface area contributed by atoms with Gasteiger partial charge in [0, 0.05) is 6.04 Å². The van der Waals surface area contributed by atoms with E-state index in [4.69, 9.17) is 5.11 Å². The van der Waals surface area contributed by atoms with Crippen LogP contribution in [0.2, 0.25) is 0 Å². The molecule has 0 aliphatic rings. The lowest BCUT2D eigenvalue weighted by Gasteiger charge is -2.16. The number of hydrogen-bond acceptors (Lipinski definition) is 5. The second-order valence-corrected chi connectivity index (χ2v) is 3.53. The molecule has 1 aromatic rings. The molecule has 6 heteroatoms. The van der Waals surface area contributed by atoms with Crippen LogP contribution in [-0.2, 0) is 19.1 Å². The minimum Gasteiger partial charge on any atom is -0.480 e. The minimum absolute atomic E-state index is 0.0571. The van der Waals surface area contributed by atoms with Gasteiger partial charge in [0.25, 0.3) is 0 Å². The Labute approximate surface area is 104 Å². The molecule has 6 nitrogen and oxygen atoms in total. The third-order valence-electron chi connectivity index (χ3n) is 2.25. The average Bonchev–Trinajstić information content (AvgIpc) is 2.35. The van der Waals surface area contributed by atoms with Gasteiger partial charge in [0.2, 0.25) is 0 Å². The molecule has 18 heavy (non-hydrogen) atoms. The first-order valence-electron chi connectivity index (χ1n) is 5.26. The number of carboxylic acids is 1. The fraction of sp³-hybridized carbons (Fsp3) is 0.250. The van der Waals surface area contributed by atoms with Gasteiger partial charge < -0.3 is 9.84 Å². The van der Waals surface area contributed by atoms with Crippen molar-refractivity contribution >= 4 is 18.4 Å². The van der Waals surface area contributed by atoms with E-state index in [1.165, 1.54) is 0 Å². The fourth-order valence-electron chi connectivity index (χ4n) is 1.47. The lowest BCUT2D eigenvalue weighted by atomic mass is 10.0. The maximum absolute atomic E-state index is 11.2. The molecule has 2 N–H and O–H groups in total. The van der Waals surface area contributed by atoms with Crippen LogP contribution in [0.15, 0.2) is 30.3 Å². The van der Waals surface area contributed by atoms with Crippen LogP contribution in [-0.4, -0.2) is 30.1 Å². The number of carbonyl (C=O) groups is 3. The summed E-state index contributed by atoms with van der Waals surface area (Å²) in [5.74, 6) is -1.74. The van der Waals surface area contributed by atoms with Crippen molar-refractivity contribution in [3.05, 3.63) is 35.9 Å². The first-order valence-corrected chi connectivity index (χ1v) is 5.26. The van der Waals surface area contributed by atoms with Gasteiger partial charge in [-0.3, -0.25) is 19.7 Å². The summed E-state index contributed by atoms with van der Waals surface area (Å²) in [5, 5.41) is 11.3. The van der Waals surface area contributed by atoms with Crippen LogP contribution < -0.4 is 5.32 Å². The van der Waals surface area contributed by atoms with Gasteiger partial charge in [-0.25, -0.2) is 0 Å². The number of aliphatic carboxylic acids is 1. The number of nitrogens with one attached hydrogen (secondary N) is 1. The second kappa shape index (κ2) is 7.18. The van der Waals surface area contributed by atoms with E-state index >= 15 is 0 Å². The average molecular weight is 251 g/mol. The second-order valence-electron chi connectivity index (χ2n) is 3.53. The summed E-state index contributed by atoms with van der Waals surface area (Å²) in [7, 11) is 0. The van der Waals surface area contributed by atoms with Crippen LogP contribution in [0, 0.1) is 0 Å². The lowest BCUT2D eigenvalue weighted by molar-refractivity contribution is -0.152. The molecule has 0 spiro atoms. The summed E-state index contributed by atoms with van der Waals surface area (Å²) < 4.78 is 4.19. The number of esters is 1. The number of carbonyl (C=O) groups excluding carboxylic acids is 2. The summed E-state index contributed by atoms with van der Waals surface area (Å²) in [6.07, 6.45) is -0.115. The summed E-state index contributed by atoms with van der Waals surface area (Å²) in [4.78, 5) is 31.8. The van der Waals surface area contributed by atoms with Crippen molar-refractivity contribution in [3.8, 4) is 0 Å². The number of benzene rings is 1. The number of carboxylic acid groups (broad SMARTS) is 1. The highest BCUT2D eigenvalue weighted by atomic mass is 16.6. The molecule has 1 rings (SSSR count). The van der Waals surface area contributed by atoms with E-state index in [1.807, 2.05) is 6.07 Å². The van der Waals surface area contributed by atoms with Gasteiger partial charge in [0.05, 0.1) is 13.0 Å². The zero-order chi connectivity index (χ0) is 13.4. The quantitative estimate of drug-likeness (QED) is 0.416. The summed E-state index contributed by atoms with van der Waals surface area (Å²) in [5.41, 5.74) is 0.751. The third-order valence-corrected chi connectivity index (χ3v) is 2.25. The van der Waals surface area contributed by atoms with Gasteiger partial charge in [0.1, 0.15) is 0 Å². The zero-order valence-electron chi connectivity index (χ0n) is 9.54. The van der Waals surface area contributed by atoms with Crippen LogP contribution in [0.3, 0.4) is 0 Å². The van der Waals surface area contributed by atoms with E-state index in [-0.39, 0.29) is 19.4 Å². The Bertz CT molecular complexity index is 418. The molecule has 0 saturated carbocycles.